The van der Waals surface area contributed by atoms with Crippen molar-refractivity contribution in [1.82, 2.24) is 19.7 Å². The summed E-state index contributed by atoms with van der Waals surface area (Å²) < 4.78 is 7.94. The third kappa shape index (κ3) is 3.68. The van der Waals surface area contributed by atoms with Crippen molar-refractivity contribution in [1.29, 1.82) is 0 Å². The fourth-order valence-electron chi connectivity index (χ4n) is 2.81. The highest BCUT2D eigenvalue weighted by molar-refractivity contribution is 5.07. The highest BCUT2D eigenvalue weighted by Crippen LogP contribution is 2.12. The Morgan fingerprint density at radius 2 is 2.24 bits per heavy atom. The lowest BCUT2D eigenvalue weighted by molar-refractivity contribution is -0.0408. The molecule has 1 aliphatic rings. The third-order valence-electron chi connectivity index (χ3n) is 3.81. The van der Waals surface area contributed by atoms with Crippen LogP contribution in [-0.2, 0) is 17.8 Å². The second-order valence-corrected chi connectivity index (χ2v) is 5.66. The molecule has 3 rings (SSSR count). The van der Waals surface area contributed by atoms with Crippen molar-refractivity contribution in [2.45, 2.75) is 33.0 Å². The standard InChI is InChI=1S/C16H22N4O/c1-13-9-14(2)20(18-13)12-16-11-19(7-8-21-16)10-15-5-3-4-6-17-15/h3-6,9,16H,7-8,10-12H2,1-2H3/t16-/m1/s1. The molecule has 5 nitrogen and oxygen atoms in total. The molecule has 0 aliphatic carbocycles. The predicted octanol–water partition coefficient (Wildman–Crippen LogP) is 1.80. The quantitative estimate of drug-likeness (QED) is 0.859. The average molecular weight is 286 g/mol. The molecular weight excluding hydrogens is 264 g/mol. The highest BCUT2D eigenvalue weighted by Gasteiger charge is 2.22. The molecule has 2 aromatic heterocycles. The van der Waals surface area contributed by atoms with E-state index in [0.717, 1.165) is 44.2 Å². The van der Waals surface area contributed by atoms with E-state index >= 15 is 0 Å². The molecule has 2 aromatic rings. The summed E-state index contributed by atoms with van der Waals surface area (Å²) in [5.74, 6) is 0. The minimum atomic E-state index is 0.195. The van der Waals surface area contributed by atoms with Gasteiger partial charge >= 0.3 is 0 Å². The Balaban J connectivity index is 1.59. The summed E-state index contributed by atoms with van der Waals surface area (Å²) in [5.41, 5.74) is 3.37. The van der Waals surface area contributed by atoms with Crippen LogP contribution in [0.5, 0.6) is 0 Å². The molecule has 1 fully saturated rings. The van der Waals surface area contributed by atoms with E-state index in [1.807, 2.05) is 29.9 Å². The molecule has 0 saturated carbocycles. The molecule has 0 N–H and O–H groups in total. The first-order valence-corrected chi connectivity index (χ1v) is 7.45. The lowest BCUT2D eigenvalue weighted by Crippen LogP contribution is -2.44. The molecular formula is C16H22N4O. The summed E-state index contributed by atoms with van der Waals surface area (Å²) in [6.45, 7) is 8.49. The summed E-state index contributed by atoms with van der Waals surface area (Å²) in [6, 6.07) is 8.17. The molecule has 1 atom stereocenters. The van der Waals surface area contributed by atoms with Crippen LogP contribution in [0.3, 0.4) is 0 Å². The highest BCUT2D eigenvalue weighted by atomic mass is 16.5. The van der Waals surface area contributed by atoms with E-state index in [0.29, 0.717) is 0 Å². The van der Waals surface area contributed by atoms with Crippen LogP contribution >= 0.6 is 0 Å². The minimum absolute atomic E-state index is 0.195. The molecule has 112 valence electrons. The Morgan fingerprint density at radius 1 is 1.33 bits per heavy atom. The Morgan fingerprint density at radius 3 is 2.95 bits per heavy atom. The lowest BCUT2D eigenvalue weighted by Gasteiger charge is -2.32. The van der Waals surface area contributed by atoms with Gasteiger partial charge in [-0.1, -0.05) is 6.07 Å². The van der Waals surface area contributed by atoms with Crippen molar-refractivity contribution in [2.24, 2.45) is 0 Å². The number of morpholine rings is 1. The summed E-state index contributed by atoms with van der Waals surface area (Å²) in [6.07, 6.45) is 2.05. The number of aromatic nitrogens is 3. The predicted molar refractivity (Wildman–Crippen MR) is 81.0 cm³/mol. The maximum absolute atomic E-state index is 5.89. The van der Waals surface area contributed by atoms with Crippen LogP contribution in [-0.4, -0.2) is 45.5 Å². The number of nitrogens with zero attached hydrogens (tertiary/aromatic N) is 4. The second-order valence-electron chi connectivity index (χ2n) is 5.66. The first-order chi connectivity index (χ1) is 10.2. The second kappa shape index (κ2) is 6.37. The Kier molecular flexibility index (Phi) is 4.31. The SMILES string of the molecule is Cc1cc(C)n(C[C@H]2CN(Cc3ccccn3)CCO2)n1. The molecule has 21 heavy (non-hydrogen) atoms. The van der Waals surface area contributed by atoms with Crippen molar-refractivity contribution in [3.05, 3.63) is 47.5 Å². The van der Waals surface area contributed by atoms with E-state index in [1.54, 1.807) is 0 Å². The van der Waals surface area contributed by atoms with Crippen LogP contribution in [0.15, 0.2) is 30.5 Å². The van der Waals surface area contributed by atoms with Crippen molar-refractivity contribution in [3.63, 3.8) is 0 Å². The fraction of sp³-hybridized carbons (Fsp3) is 0.500. The molecule has 0 radical (unpaired) electrons. The van der Waals surface area contributed by atoms with Gasteiger partial charge in [0.15, 0.2) is 0 Å². The number of hydrogen-bond acceptors (Lipinski definition) is 4. The van der Waals surface area contributed by atoms with Gasteiger partial charge in [0.05, 0.1) is 30.6 Å². The van der Waals surface area contributed by atoms with Crippen molar-refractivity contribution in [3.8, 4) is 0 Å². The van der Waals surface area contributed by atoms with Crippen LogP contribution in [0.25, 0.3) is 0 Å². The van der Waals surface area contributed by atoms with E-state index in [1.165, 1.54) is 5.69 Å². The van der Waals surface area contributed by atoms with Gasteiger partial charge in [-0.25, -0.2) is 0 Å². The number of pyridine rings is 1. The normalized spacial score (nSPS) is 19.8. The number of rotatable bonds is 4. The molecule has 0 spiro atoms. The van der Waals surface area contributed by atoms with E-state index in [-0.39, 0.29) is 6.10 Å². The van der Waals surface area contributed by atoms with Gasteiger partial charge in [0.1, 0.15) is 0 Å². The monoisotopic (exact) mass is 286 g/mol. The third-order valence-corrected chi connectivity index (χ3v) is 3.81. The lowest BCUT2D eigenvalue weighted by atomic mass is 10.2. The smallest absolute Gasteiger partial charge is 0.0898 e. The van der Waals surface area contributed by atoms with E-state index in [4.69, 9.17) is 4.74 Å². The molecule has 3 heterocycles. The Bertz CT molecular complexity index is 581. The first-order valence-electron chi connectivity index (χ1n) is 7.45. The number of hydrogen-bond donors (Lipinski definition) is 0. The zero-order valence-corrected chi connectivity index (χ0v) is 12.7. The zero-order chi connectivity index (χ0) is 14.7. The van der Waals surface area contributed by atoms with Gasteiger partial charge in [-0.2, -0.15) is 5.10 Å². The Hall–Kier alpha value is -1.72. The summed E-state index contributed by atoms with van der Waals surface area (Å²) >= 11 is 0. The molecule has 5 heteroatoms. The summed E-state index contributed by atoms with van der Waals surface area (Å²) in [5, 5.41) is 4.52. The average Bonchev–Trinajstić information content (AvgIpc) is 2.78. The minimum Gasteiger partial charge on any atom is -0.374 e. The zero-order valence-electron chi connectivity index (χ0n) is 12.7. The number of aryl methyl sites for hydroxylation is 2. The van der Waals surface area contributed by atoms with Crippen molar-refractivity contribution >= 4 is 0 Å². The Labute approximate surface area is 125 Å². The maximum atomic E-state index is 5.89. The van der Waals surface area contributed by atoms with Gasteiger partial charge < -0.3 is 4.74 Å². The van der Waals surface area contributed by atoms with Crippen molar-refractivity contribution < 1.29 is 4.74 Å². The molecule has 0 unspecified atom stereocenters. The fourth-order valence-corrected chi connectivity index (χ4v) is 2.81. The van der Waals surface area contributed by atoms with Crippen LogP contribution in [0.4, 0.5) is 0 Å². The summed E-state index contributed by atoms with van der Waals surface area (Å²) in [4.78, 5) is 6.80. The first kappa shape index (κ1) is 14.2. The van der Waals surface area contributed by atoms with Crippen molar-refractivity contribution in [2.75, 3.05) is 19.7 Å². The molecule has 0 bridgehead atoms. The van der Waals surface area contributed by atoms with Gasteiger partial charge in [-0.05, 0) is 32.0 Å². The van der Waals surface area contributed by atoms with Crippen LogP contribution in [0.1, 0.15) is 17.1 Å². The van der Waals surface area contributed by atoms with Gasteiger partial charge in [0.2, 0.25) is 0 Å². The van der Waals surface area contributed by atoms with E-state index < -0.39 is 0 Å². The van der Waals surface area contributed by atoms with Crippen LogP contribution < -0.4 is 0 Å². The van der Waals surface area contributed by atoms with Gasteiger partial charge in [-0.15, -0.1) is 0 Å². The molecule has 0 amide bonds. The van der Waals surface area contributed by atoms with Gasteiger partial charge in [-0.3, -0.25) is 14.6 Å². The van der Waals surface area contributed by atoms with E-state index in [2.05, 4.69) is 34.0 Å². The van der Waals surface area contributed by atoms with E-state index in [9.17, 15) is 0 Å². The molecule has 0 aromatic carbocycles. The topological polar surface area (TPSA) is 43.2 Å². The van der Waals surface area contributed by atoms with Gasteiger partial charge in [0.25, 0.3) is 0 Å². The molecule has 1 saturated heterocycles. The maximum Gasteiger partial charge on any atom is 0.0898 e. The van der Waals surface area contributed by atoms with Crippen LogP contribution in [0.2, 0.25) is 0 Å². The molecule has 1 aliphatic heterocycles. The van der Waals surface area contributed by atoms with Crippen LogP contribution in [0, 0.1) is 13.8 Å². The summed E-state index contributed by atoms with van der Waals surface area (Å²) in [7, 11) is 0. The van der Waals surface area contributed by atoms with Gasteiger partial charge in [0, 0.05) is 31.5 Å². The number of ether oxygens (including phenoxy) is 1. The largest absolute Gasteiger partial charge is 0.374 e.